The van der Waals surface area contributed by atoms with Gasteiger partial charge in [0.2, 0.25) is 0 Å². The number of nitrogens with two attached hydrogens (primary N) is 1. The van der Waals surface area contributed by atoms with Gasteiger partial charge in [-0.3, -0.25) is 4.79 Å². The number of benzene rings is 1. The van der Waals surface area contributed by atoms with Crippen LogP contribution in [0.3, 0.4) is 0 Å². The van der Waals surface area contributed by atoms with Crippen molar-refractivity contribution in [1.29, 1.82) is 0 Å². The van der Waals surface area contributed by atoms with E-state index in [1.54, 1.807) is 12.4 Å². The standard InChI is InChI=1S/C25H26N7O2/c1-14-4-3-5-17(20(14)15-6-9-27-10-7-15)30-23-21-16(8-11-28-24(21)33)12-18(31-23)19-13-29-22(26)25(32-19)34-2/h3-5,8,11-13,15H,6-7,9-10H2,1-2H3,(H2,26,29)(H,28,33)(H,30,31). The van der Waals surface area contributed by atoms with Gasteiger partial charge in [-0.15, -0.1) is 0 Å². The number of piperidine rings is 1. The maximum Gasteiger partial charge on any atom is 0.259 e. The van der Waals surface area contributed by atoms with Gasteiger partial charge >= 0.3 is 0 Å². The molecule has 1 fully saturated rings. The zero-order valence-corrected chi connectivity index (χ0v) is 19.1. The van der Waals surface area contributed by atoms with E-state index >= 15 is 0 Å². The lowest BCUT2D eigenvalue weighted by molar-refractivity contribution is 0.399. The van der Waals surface area contributed by atoms with Gasteiger partial charge in [-0.05, 0) is 60.4 Å². The zero-order valence-electron chi connectivity index (χ0n) is 19.1. The number of nitrogen functional groups attached to an aromatic ring is 1. The smallest absolute Gasteiger partial charge is 0.259 e. The molecule has 1 aliphatic heterocycles. The van der Waals surface area contributed by atoms with Crippen molar-refractivity contribution in [2.24, 2.45) is 0 Å². The molecule has 3 aromatic heterocycles. The van der Waals surface area contributed by atoms with E-state index in [-0.39, 0.29) is 17.3 Å². The van der Waals surface area contributed by atoms with Crippen LogP contribution in [-0.2, 0) is 0 Å². The normalized spacial score (nSPS) is 14.3. The number of fused-ring (bicyclic) bond motifs is 1. The van der Waals surface area contributed by atoms with E-state index in [0.29, 0.717) is 28.5 Å². The van der Waals surface area contributed by atoms with E-state index in [9.17, 15) is 4.79 Å². The second-order valence-corrected chi connectivity index (χ2v) is 8.38. The van der Waals surface area contributed by atoms with Gasteiger partial charge in [0, 0.05) is 25.0 Å². The summed E-state index contributed by atoms with van der Waals surface area (Å²) in [6.07, 6.45) is 5.19. The number of pyridine rings is 2. The molecule has 1 saturated heterocycles. The van der Waals surface area contributed by atoms with E-state index in [1.807, 2.05) is 24.3 Å². The predicted molar refractivity (Wildman–Crippen MR) is 133 cm³/mol. The number of rotatable bonds is 5. The second kappa shape index (κ2) is 9.11. The Kier molecular flexibility index (Phi) is 5.85. The number of aryl methyl sites for hydroxylation is 1. The Morgan fingerprint density at radius 2 is 1.97 bits per heavy atom. The van der Waals surface area contributed by atoms with Crippen LogP contribution < -0.4 is 26.7 Å². The van der Waals surface area contributed by atoms with Gasteiger partial charge < -0.3 is 20.8 Å². The molecule has 0 spiro atoms. The highest BCUT2D eigenvalue weighted by Gasteiger charge is 2.22. The molecule has 1 aliphatic rings. The molecule has 9 nitrogen and oxygen atoms in total. The molecule has 0 unspecified atom stereocenters. The first-order valence-electron chi connectivity index (χ1n) is 11.2. The van der Waals surface area contributed by atoms with Crippen LogP contribution >= 0.6 is 0 Å². The summed E-state index contributed by atoms with van der Waals surface area (Å²) in [5.74, 6) is 1.29. The maximum absolute atomic E-state index is 12.8. The van der Waals surface area contributed by atoms with Crippen LogP contribution in [0.4, 0.5) is 17.3 Å². The Morgan fingerprint density at radius 1 is 1.15 bits per heavy atom. The van der Waals surface area contributed by atoms with Crippen LogP contribution in [0.5, 0.6) is 5.88 Å². The molecule has 1 aromatic carbocycles. The molecule has 4 N–H and O–H groups in total. The lowest BCUT2D eigenvalue weighted by Crippen LogP contribution is -2.22. The van der Waals surface area contributed by atoms with Crippen molar-refractivity contribution in [2.45, 2.75) is 25.7 Å². The second-order valence-electron chi connectivity index (χ2n) is 8.38. The lowest BCUT2D eigenvalue weighted by Gasteiger charge is -2.26. The largest absolute Gasteiger partial charge is 0.478 e. The van der Waals surface area contributed by atoms with Crippen molar-refractivity contribution in [3.05, 3.63) is 64.2 Å². The third-order valence-electron chi connectivity index (χ3n) is 6.23. The molecule has 0 amide bonds. The fraction of sp³-hybridized carbons (Fsp3) is 0.280. The summed E-state index contributed by atoms with van der Waals surface area (Å²) in [6, 6.07) is 9.83. The molecule has 5 rings (SSSR count). The highest BCUT2D eigenvalue weighted by atomic mass is 16.5. The van der Waals surface area contributed by atoms with Crippen molar-refractivity contribution in [1.82, 2.24) is 25.3 Å². The fourth-order valence-corrected chi connectivity index (χ4v) is 4.59. The van der Waals surface area contributed by atoms with E-state index in [2.05, 4.69) is 38.6 Å². The van der Waals surface area contributed by atoms with Crippen molar-refractivity contribution >= 4 is 28.1 Å². The minimum atomic E-state index is -0.217. The number of anilines is 3. The number of nitrogens with one attached hydrogen (secondary N) is 2. The van der Waals surface area contributed by atoms with Crippen LogP contribution in [0.2, 0.25) is 0 Å². The van der Waals surface area contributed by atoms with E-state index in [1.165, 1.54) is 18.2 Å². The highest BCUT2D eigenvalue weighted by Crippen LogP contribution is 2.36. The predicted octanol–water partition coefficient (Wildman–Crippen LogP) is 3.50. The van der Waals surface area contributed by atoms with Crippen molar-refractivity contribution in [2.75, 3.05) is 31.2 Å². The van der Waals surface area contributed by atoms with Gasteiger partial charge in [0.05, 0.1) is 24.4 Å². The Labute approximate surface area is 196 Å². The Morgan fingerprint density at radius 3 is 2.76 bits per heavy atom. The van der Waals surface area contributed by atoms with Gasteiger partial charge in [-0.25, -0.2) is 20.3 Å². The summed E-state index contributed by atoms with van der Waals surface area (Å²) in [5, 5.41) is 9.20. The Hall–Kier alpha value is -3.98. The number of aromatic nitrogens is 4. The van der Waals surface area contributed by atoms with Gasteiger partial charge in [-0.1, -0.05) is 12.1 Å². The summed E-state index contributed by atoms with van der Waals surface area (Å²) in [7, 11) is 1.49. The number of aromatic amines is 1. The van der Waals surface area contributed by atoms with Crippen LogP contribution in [0.25, 0.3) is 22.2 Å². The molecule has 1 radical (unpaired) electrons. The van der Waals surface area contributed by atoms with Crippen LogP contribution in [0.1, 0.15) is 29.9 Å². The number of methoxy groups -OCH3 is 1. The summed E-state index contributed by atoms with van der Waals surface area (Å²) in [5.41, 5.74) is 10.1. The lowest BCUT2D eigenvalue weighted by atomic mass is 9.86. The zero-order chi connectivity index (χ0) is 23.7. The Balaban J connectivity index is 1.66. The van der Waals surface area contributed by atoms with Crippen molar-refractivity contribution < 1.29 is 4.74 Å². The number of ether oxygens (including phenoxy) is 1. The number of H-pyrrole nitrogens is 1. The molecule has 0 saturated carbocycles. The first-order chi connectivity index (χ1) is 16.5. The number of hydrogen-bond acceptors (Lipinski definition) is 7. The topological polar surface area (TPSA) is 133 Å². The molecule has 0 bridgehead atoms. The molecule has 0 aliphatic carbocycles. The van der Waals surface area contributed by atoms with Gasteiger partial charge in [0.25, 0.3) is 11.4 Å². The van der Waals surface area contributed by atoms with Crippen LogP contribution in [-0.4, -0.2) is 40.1 Å². The maximum atomic E-state index is 12.8. The fourth-order valence-electron chi connectivity index (χ4n) is 4.59. The van der Waals surface area contributed by atoms with E-state index in [0.717, 1.165) is 37.0 Å². The van der Waals surface area contributed by atoms with Gasteiger partial charge in [0.15, 0.2) is 5.82 Å². The van der Waals surface area contributed by atoms with Gasteiger partial charge in [0.1, 0.15) is 11.5 Å². The highest BCUT2D eigenvalue weighted by molar-refractivity contribution is 5.95. The minimum absolute atomic E-state index is 0.199. The summed E-state index contributed by atoms with van der Waals surface area (Å²) >= 11 is 0. The molecule has 4 aromatic rings. The minimum Gasteiger partial charge on any atom is -0.478 e. The quantitative estimate of drug-likeness (QED) is 0.418. The van der Waals surface area contributed by atoms with Gasteiger partial charge in [-0.2, -0.15) is 0 Å². The van der Waals surface area contributed by atoms with Crippen LogP contribution in [0, 0.1) is 6.92 Å². The molecule has 173 valence electrons. The third kappa shape index (κ3) is 4.06. The molecule has 9 heteroatoms. The summed E-state index contributed by atoms with van der Waals surface area (Å²) in [6.45, 7) is 3.86. The van der Waals surface area contributed by atoms with Crippen LogP contribution in [0.15, 0.2) is 47.5 Å². The molecular weight excluding hydrogens is 430 g/mol. The third-order valence-corrected chi connectivity index (χ3v) is 6.23. The van der Waals surface area contributed by atoms with E-state index < -0.39 is 0 Å². The summed E-state index contributed by atoms with van der Waals surface area (Å²) in [4.78, 5) is 29.0. The summed E-state index contributed by atoms with van der Waals surface area (Å²) < 4.78 is 5.23. The monoisotopic (exact) mass is 456 g/mol. The number of hydrogen-bond donors (Lipinski definition) is 3. The average Bonchev–Trinajstić information content (AvgIpc) is 2.85. The first-order valence-corrected chi connectivity index (χ1v) is 11.2. The average molecular weight is 457 g/mol. The van der Waals surface area contributed by atoms with Crippen molar-refractivity contribution in [3.8, 4) is 17.3 Å². The van der Waals surface area contributed by atoms with E-state index in [4.69, 9.17) is 15.5 Å². The first kappa shape index (κ1) is 21.8. The SMILES string of the molecule is COc1nc(-c2cc3cc[nH]c(=O)c3c(Nc3cccc(C)c3C3CC[N]CC3)n2)cnc1N. The molecule has 4 heterocycles. The molecule has 34 heavy (non-hydrogen) atoms. The molecule has 0 atom stereocenters. The molecular formula is C25H26N7O2. The number of nitrogens with zero attached hydrogens (tertiary/aromatic N) is 4. The Bertz CT molecular complexity index is 1410. The van der Waals surface area contributed by atoms with Crippen molar-refractivity contribution in [3.63, 3.8) is 0 Å².